The first-order valence-corrected chi connectivity index (χ1v) is 7.07. The van der Waals surface area contributed by atoms with Crippen LogP contribution in [0.1, 0.15) is 29.9 Å². The van der Waals surface area contributed by atoms with Gasteiger partial charge in [0, 0.05) is 25.1 Å². The van der Waals surface area contributed by atoms with Crippen LogP contribution in [0.4, 0.5) is 19.0 Å². The van der Waals surface area contributed by atoms with E-state index in [1.807, 2.05) is 0 Å². The Morgan fingerprint density at radius 1 is 1.39 bits per heavy atom. The summed E-state index contributed by atoms with van der Waals surface area (Å²) in [5, 5.41) is 9.48. The number of anilines is 1. The third kappa shape index (κ3) is 3.58. The molecule has 10 heteroatoms. The molecule has 3 heterocycles. The number of aromatic amines is 1. The van der Waals surface area contributed by atoms with Crippen molar-refractivity contribution in [3.05, 3.63) is 29.7 Å². The molecule has 0 saturated carbocycles. The number of aromatic nitrogens is 5. The van der Waals surface area contributed by atoms with Crippen molar-refractivity contribution in [2.24, 2.45) is 5.92 Å². The van der Waals surface area contributed by atoms with Gasteiger partial charge in [-0.2, -0.15) is 18.3 Å². The molecular formula is C13H15F3N6O. The summed E-state index contributed by atoms with van der Waals surface area (Å²) in [5.74, 6) is 0.890. The minimum absolute atomic E-state index is 0.0626. The van der Waals surface area contributed by atoms with Crippen LogP contribution in [-0.4, -0.2) is 38.3 Å². The van der Waals surface area contributed by atoms with Crippen LogP contribution >= 0.6 is 0 Å². The summed E-state index contributed by atoms with van der Waals surface area (Å²) >= 11 is 0. The number of halogens is 3. The van der Waals surface area contributed by atoms with E-state index in [0.717, 1.165) is 12.5 Å². The number of hydrogen-bond acceptors (Lipinski definition) is 6. The van der Waals surface area contributed by atoms with Crippen molar-refractivity contribution >= 4 is 5.82 Å². The van der Waals surface area contributed by atoms with E-state index in [0.29, 0.717) is 19.0 Å². The molecule has 3 rings (SSSR count). The number of rotatable bonds is 4. The van der Waals surface area contributed by atoms with Crippen LogP contribution in [0.2, 0.25) is 0 Å². The molecule has 7 nitrogen and oxygen atoms in total. The van der Waals surface area contributed by atoms with Crippen LogP contribution in [-0.2, 0) is 10.9 Å². The van der Waals surface area contributed by atoms with Gasteiger partial charge in [-0.15, -0.1) is 0 Å². The van der Waals surface area contributed by atoms with Crippen LogP contribution in [0.15, 0.2) is 12.4 Å². The van der Waals surface area contributed by atoms with Crippen molar-refractivity contribution < 1.29 is 17.9 Å². The molecule has 0 amide bonds. The Morgan fingerprint density at radius 3 is 2.91 bits per heavy atom. The van der Waals surface area contributed by atoms with Gasteiger partial charge in [0.15, 0.2) is 5.82 Å². The van der Waals surface area contributed by atoms with Gasteiger partial charge in [-0.1, -0.05) is 0 Å². The molecule has 1 fully saturated rings. The maximum Gasteiger partial charge on any atom is 0.433 e. The second-order valence-electron chi connectivity index (χ2n) is 5.28. The van der Waals surface area contributed by atoms with Gasteiger partial charge in [0.05, 0.1) is 0 Å². The third-order valence-electron chi connectivity index (χ3n) is 3.59. The average Bonchev–Trinajstić information content (AvgIpc) is 3.14. The fourth-order valence-electron chi connectivity index (χ4n) is 2.54. The van der Waals surface area contributed by atoms with Crippen molar-refractivity contribution in [2.75, 3.05) is 18.5 Å². The van der Waals surface area contributed by atoms with Gasteiger partial charge in [0.25, 0.3) is 0 Å². The monoisotopic (exact) mass is 328 g/mol. The summed E-state index contributed by atoms with van der Waals surface area (Å²) in [5.41, 5.74) is -0.957. The Morgan fingerprint density at radius 2 is 2.22 bits per heavy atom. The second kappa shape index (κ2) is 6.11. The normalized spacial score (nSPS) is 21.6. The number of nitrogens with one attached hydrogen (secondary N) is 2. The van der Waals surface area contributed by atoms with Gasteiger partial charge in [-0.05, 0) is 13.3 Å². The number of aryl methyl sites for hydroxylation is 1. The number of H-pyrrole nitrogens is 1. The largest absolute Gasteiger partial charge is 0.433 e. The summed E-state index contributed by atoms with van der Waals surface area (Å²) in [7, 11) is 0. The zero-order valence-corrected chi connectivity index (χ0v) is 12.3. The van der Waals surface area contributed by atoms with Crippen molar-refractivity contribution in [3.8, 4) is 0 Å². The molecule has 0 aliphatic carbocycles. The minimum atomic E-state index is -4.50. The van der Waals surface area contributed by atoms with E-state index < -0.39 is 11.9 Å². The van der Waals surface area contributed by atoms with E-state index in [9.17, 15) is 13.2 Å². The van der Waals surface area contributed by atoms with E-state index in [1.165, 1.54) is 13.3 Å². The van der Waals surface area contributed by atoms with E-state index >= 15 is 0 Å². The molecule has 1 aliphatic rings. The second-order valence-corrected chi connectivity index (χ2v) is 5.28. The quantitative estimate of drug-likeness (QED) is 0.894. The molecule has 23 heavy (non-hydrogen) atoms. The van der Waals surface area contributed by atoms with Crippen LogP contribution < -0.4 is 5.32 Å². The highest BCUT2D eigenvalue weighted by Crippen LogP contribution is 2.33. The molecule has 2 atom stereocenters. The number of hydrogen-bond donors (Lipinski definition) is 2. The minimum Gasteiger partial charge on any atom is -0.370 e. The maximum atomic E-state index is 12.8. The van der Waals surface area contributed by atoms with Gasteiger partial charge >= 0.3 is 6.18 Å². The van der Waals surface area contributed by atoms with Crippen LogP contribution in [0.5, 0.6) is 0 Å². The molecular weight excluding hydrogens is 313 g/mol. The highest BCUT2D eigenvalue weighted by molar-refractivity contribution is 5.37. The highest BCUT2D eigenvalue weighted by atomic mass is 19.4. The molecule has 0 bridgehead atoms. The summed E-state index contributed by atoms with van der Waals surface area (Å²) in [6.07, 6.45) is -2.59. The number of nitrogens with zero attached hydrogens (tertiary/aromatic N) is 4. The Kier molecular flexibility index (Phi) is 4.16. The highest BCUT2D eigenvalue weighted by Gasteiger charge is 2.34. The summed E-state index contributed by atoms with van der Waals surface area (Å²) in [6.45, 7) is 2.41. The lowest BCUT2D eigenvalue weighted by Crippen LogP contribution is -2.20. The molecule has 2 aromatic heterocycles. The third-order valence-corrected chi connectivity index (χ3v) is 3.59. The number of ether oxygens (including phenoxy) is 1. The molecule has 1 saturated heterocycles. The van der Waals surface area contributed by atoms with Crippen LogP contribution in [0.3, 0.4) is 0 Å². The Balaban J connectivity index is 1.69. The standard InChI is InChI=1S/C13H15F3N6O/c1-7-20-9(13(14,15)16)4-10(21-7)17-5-8-2-3-23-11(8)12-18-6-19-22-12/h4,6,8,11H,2-3,5H2,1H3,(H,17,20,21)(H,18,19,22)/t8-,11-/m0/s1. The fraction of sp³-hybridized carbons (Fsp3) is 0.538. The lowest BCUT2D eigenvalue weighted by atomic mass is 10.0. The van der Waals surface area contributed by atoms with E-state index in [4.69, 9.17) is 4.74 Å². The van der Waals surface area contributed by atoms with Gasteiger partial charge < -0.3 is 10.1 Å². The first-order chi connectivity index (χ1) is 10.9. The summed E-state index contributed by atoms with van der Waals surface area (Å²) < 4.78 is 44.0. The van der Waals surface area contributed by atoms with E-state index in [2.05, 4.69) is 30.5 Å². The molecule has 0 aromatic carbocycles. The molecule has 2 N–H and O–H groups in total. The van der Waals surface area contributed by atoms with Crippen molar-refractivity contribution in [2.45, 2.75) is 25.6 Å². The van der Waals surface area contributed by atoms with Gasteiger partial charge in [0.1, 0.15) is 29.8 Å². The van der Waals surface area contributed by atoms with Crippen LogP contribution in [0, 0.1) is 12.8 Å². The Hall–Kier alpha value is -2.23. The van der Waals surface area contributed by atoms with E-state index in [1.54, 1.807) is 0 Å². The zero-order chi connectivity index (χ0) is 16.4. The summed E-state index contributed by atoms with van der Waals surface area (Å²) in [6, 6.07) is 0.909. The number of alkyl halides is 3. The first-order valence-electron chi connectivity index (χ1n) is 7.07. The lowest BCUT2D eigenvalue weighted by Gasteiger charge is -2.17. The molecule has 124 valence electrons. The van der Waals surface area contributed by atoms with Gasteiger partial charge in [-0.3, -0.25) is 5.10 Å². The average molecular weight is 328 g/mol. The molecule has 1 aliphatic heterocycles. The fourth-order valence-corrected chi connectivity index (χ4v) is 2.54. The Labute approximate surface area is 129 Å². The van der Waals surface area contributed by atoms with Gasteiger partial charge in [-0.25, -0.2) is 15.0 Å². The topological polar surface area (TPSA) is 88.6 Å². The molecule has 0 unspecified atom stereocenters. The molecule has 2 aromatic rings. The SMILES string of the molecule is Cc1nc(NC[C@@H]2CCO[C@@H]2c2ncn[nH]2)cc(C(F)(F)F)n1. The predicted octanol–water partition coefficient (Wildman–Crippen LogP) is 2.11. The van der Waals surface area contributed by atoms with Crippen LogP contribution in [0.25, 0.3) is 0 Å². The lowest BCUT2D eigenvalue weighted by molar-refractivity contribution is -0.141. The van der Waals surface area contributed by atoms with Crippen molar-refractivity contribution in [1.29, 1.82) is 0 Å². The molecule has 0 radical (unpaired) electrons. The zero-order valence-electron chi connectivity index (χ0n) is 12.3. The predicted molar refractivity (Wildman–Crippen MR) is 73.4 cm³/mol. The smallest absolute Gasteiger partial charge is 0.370 e. The van der Waals surface area contributed by atoms with Gasteiger partial charge in [0.2, 0.25) is 0 Å². The van der Waals surface area contributed by atoms with Crippen molar-refractivity contribution in [1.82, 2.24) is 25.1 Å². The maximum absolute atomic E-state index is 12.8. The Bertz CT molecular complexity index is 660. The van der Waals surface area contributed by atoms with E-state index in [-0.39, 0.29) is 23.7 Å². The first kappa shape index (κ1) is 15.7. The summed E-state index contributed by atoms with van der Waals surface area (Å²) in [4.78, 5) is 11.5. The van der Waals surface area contributed by atoms with Crippen molar-refractivity contribution in [3.63, 3.8) is 0 Å². The molecule has 0 spiro atoms.